The highest BCUT2D eigenvalue weighted by Crippen LogP contribution is 2.30. The predicted molar refractivity (Wildman–Crippen MR) is 128 cm³/mol. The van der Waals surface area contributed by atoms with Crippen LogP contribution in [0.3, 0.4) is 0 Å². The van der Waals surface area contributed by atoms with Crippen LogP contribution in [0, 0.1) is 6.92 Å². The van der Waals surface area contributed by atoms with Crippen molar-refractivity contribution in [2.45, 2.75) is 6.92 Å². The van der Waals surface area contributed by atoms with Crippen LogP contribution in [-0.2, 0) is 0 Å². The summed E-state index contributed by atoms with van der Waals surface area (Å²) in [6, 6.07) is 16.5. The fraction of sp³-hybridized carbons (Fsp3) is 0.240. The molecule has 1 fully saturated rings. The molecule has 0 atom stereocenters. The van der Waals surface area contributed by atoms with E-state index in [1.165, 1.54) is 12.3 Å². The largest absolute Gasteiger partial charge is 0.495 e. The van der Waals surface area contributed by atoms with Crippen LogP contribution >= 0.6 is 0 Å². The van der Waals surface area contributed by atoms with Gasteiger partial charge in [0.15, 0.2) is 0 Å². The van der Waals surface area contributed by atoms with Crippen molar-refractivity contribution in [3.63, 3.8) is 0 Å². The number of nitrogens with zero attached hydrogens (tertiary/aromatic N) is 3. The quantitative estimate of drug-likeness (QED) is 0.596. The van der Waals surface area contributed by atoms with Crippen LogP contribution < -0.4 is 19.9 Å². The van der Waals surface area contributed by atoms with Crippen LogP contribution in [0.2, 0.25) is 0 Å². The number of methoxy groups -OCH3 is 1. The fourth-order valence-corrected chi connectivity index (χ4v) is 3.98. The molecule has 0 aliphatic carbocycles. The zero-order chi connectivity index (χ0) is 23.4. The van der Waals surface area contributed by atoms with Gasteiger partial charge in [0.25, 0.3) is 5.91 Å². The number of benzene rings is 2. The second-order valence-corrected chi connectivity index (χ2v) is 7.87. The molecule has 4 rings (SSSR count). The maximum atomic E-state index is 12.5. The average Bonchev–Trinajstić information content (AvgIpc) is 2.84. The Balaban J connectivity index is 1.49. The summed E-state index contributed by atoms with van der Waals surface area (Å²) < 4.78 is 5.46. The van der Waals surface area contributed by atoms with E-state index in [-0.39, 0.29) is 11.5 Å². The lowest BCUT2D eigenvalue weighted by atomic mass is 10.1. The van der Waals surface area contributed by atoms with Crippen molar-refractivity contribution in [1.29, 1.82) is 0 Å². The van der Waals surface area contributed by atoms with Gasteiger partial charge in [-0.05, 0) is 37.3 Å². The SMILES string of the molecule is COc1ccccc1N1CCN(c2ncc(NC(=O)c3cccc(C)c3)cc2C(=O)O)CC1. The summed E-state index contributed by atoms with van der Waals surface area (Å²) in [5, 5.41) is 12.5. The van der Waals surface area contributed by atoms with Crippen molar-refractivity contribution in [2.24, 2.45) is 0 Å². The number of nitrogens with one attached hydrogen (secondary N) is 1. The molecule has 170 valence electrons. The van der Waals surface area contributed by atoms with Crippen LogP contribution in [0.5, 0.6) is 5.75 Å². The van der Waals surface area contributed by atoms with Crippen molar-refractivity contribution >= 4 is 29.1 Å². The molecule has 1 amide bonds. The van der Waals surface area contributed by atoms with Gasteiger partial charge < -0.3 is 25.0 Å². The number of pyridine rings is 1. The Bertz CT molecular complexity index is 1170. The topological polar surface area (TPSA) is 95.0 Å². The molecule has 0 spiro atoms. The van der Waals surface area contributed by atoms with Crippen LogP contribution in [0.4, 0.5) is 17.2 Å². The lowest BCUT2D eigenvalue weighted by Crippen LogP contribution is -2.47. The molecule has 8 nitrogen and oxygen atoms in total. The smallest absolute Gasteiger partial charge is 0.339 e. The van der Waals surface area contributed by atoms with Crippen molar-refractivity contribution in [3.05, 3.63) is 77.5 Å². The Labute approximate surface area is 192 Å². The Morgan fingerprint density at radius 1 is 1.00 bits per heavy atom. The van der Waals surface area contributed by atoms with Gasteiger partial charge in [-0.25, -0.2) is 9.78 Å². The number of aryl methyl sites for hydroxylation is 1. The van der Waals surface area contributed by atoms with E-state index in [0.29, 0.717) is 43.2 Å². The van der Waals surface area contributed by atoms with Gasteiger partial charge >= 0.3 is 5.97 Å². The van der Waals surface area contributed by atoms with E-state index in [0.717, 1.165) is 17.0 Å². The second-order valence-electron chi connectivity index (χ2n) is 7.87. The number of carboxylic acids is 1. The molecule has 3 aromatic rings. The Morgan fingerprint density at radius 2 is 1.73 bits per heavy atom. The summed E-state index contributed by atoms with van der Waals surface area (Å²) in [4.78, 5) is 33.1. The summed E-state index contributed by atoms with van der Waals surface area (Å²) in [5.41, 5.74) is 2.89. The number of aromatic carboxylic acids is 1. The van der Waals surface area contributed by atoms with Gasteiger partial charge in [0.2, 0.25) is 0 Å². The first-order chi connectivity index (χ1) is 16.0. The normalized spacial score (nSPS) is 13.5. The molecule has 1 saturated heterocycles. The molecule has 0 radical (unpaired) electrons. The predicted octanol–water partition coefficient (Wildman–Crippen LogP) is 3.68. The van der Waals surface area contributed by atoms with E-state index in [9.17, 15) is 14.7 Å². The van der Waals surface area contributed by atoms with Crippen LogP contribution in [0.25, 0.3) is 0 Å². The van der Waals surface area contributed by atoms with E-state index in [2.05, 4.69) is 15.2 Å². The number of anilines is 3. The molecule has 0 saturated carbocycles. The molecular formula is C25H26N4O4. The Morgan fingerprint density at radius 3 is 2.42 bits per heavy atom. The molecule has 2 heterocycles. The summed E-state index contributed by atoms with van der Waals surface area (Å²) in [5.74, 6) is -0.189. The third kappa shape index (κ3) is 4.90. The summed E-state index contributed by atoms with van der Waals surface area (Å²) in [7, 11) is 1.65. The molecule has 33 heavy (non-hydrogen) atoms. The molecule has 0 unspecified atom stereocenters. The number of carbonyl (C=O) groups excluding carboxylic acids is 1. The molecule has 1 aromatic heterocycles. The molecule has 2 aromatic carbocycles. The lowest BCUT2D eigenvalue weighted by molar-refractivity contribution is 0.0696. The van der Waals surface area contributed by atoms with Gasteiger partial charge in [0.1, 0.15) is 17.1 Å². The average molecular weight is 447 g/mol. The van der Waals surface area contributed by atoms with Gasteiger partial charge in [0.05, 0.1) is 24.7 Å². The van der Waals surface area contributed by atoms with E-state index >= 15 is 0 Å². The summed E-state index contributed by atoms with van der Waals surface area (Å²) in [6.07, 6.45) is 1.50. The summed E-state index contributed by atoms with van der Waals surface area (Å²) in [6.45, 7) is 4.53. The van der Waals surface area contributed by atoms with Gasteiger partial charge in [-0.1, -0.05) is 29.8 Å². The minimum Gasteiger partial charge on any atom is -0.495 e. The van der Waals surface area contributed by atoms with Gasteiger partial charge in [-0.2, -0.15) is 0 Å². The van der Waals surface area contributed by atoms with Crippen molar-refractivity contribution in [3.8, 4) is 5.75 Å². The van der Waals surface area contributed by atoms with Gasteiger partial charge in [0, 0.05) is 31.7 Å². The molecule has 1 aliphatic heterocycles. The molecule has 1 aliphatic rings. The number of aromatic nitrogens is 1. The number of para-hydroxylation sites is 2. The number of amides is 1. The van der Waals surface area contributed by atoms with E-state index in [4.69, 9.17) is 4.74 Å². The first-order valence-electron chi connectivity index (χ1n) is 10.7. The zero-order valence-corrected chi connectivity index (χ0v) is 18.6. The fourth-order valence-electron chi connectivity index (χ4n) is 3.98. The van der Waals surface area contributed by atoms with Crippen LogP contribution in [0.1, 0.15) is 26.3 Å². The van der Waals surface area contributed by atoms with Crippen molar-refractivity contribution in [1.82, 2.24) is 4.98 Å². The molecular weight excluding hydrogens is 420 g/mol. The third-order valence-corrected chi connectivity index (χ3v) is 5.64. The zero-order valence-electron chi connectivity index (χ0n) is 18.6. The van der Waals surface area contributed by atoms with E-state index in [1.54, 1.807) is 25.3 Å². The van der Waals surface area contributed by atoms with Gasteiger partial charge in [-0.15, -0.1) is 0 Å². The number of hydrogen-bond donors (Lipinski definition) is 2. The maximum Gasteiger partial charge on any atom is 0.339 e. The molecule has 2 N–H and O–H groups in total. The highest BCUT2D eigenvalue weighted by Gasteiger charge is 2.24. The van der Waals surface area contributed by atoms with Gasteiger partial charge in [-0.3, -0.25) is 4.79 Å². The highest BCUT2D eigenvalue weighted by atomic mass is 16.5. The first kappa shape index (κ1) is 22.1. The lowest BCUT2D eigenvalue weighted by Gasteiger charge is -2.37. The number of ether oxygens (including phenoxy) is 1. The minimum atomic E-state index is -1.09. The standard InChI is InChI=1S/C25H26N4O4/c1-17-6-5-7-18(14-17)24(30)27-19-15-20(25(31)32)23(26-16-19)29-12-10-28(11-13-29)21-8-3-4-9-22(21)33-2/h3-9,14-16H,10-13H2,1-2H3,(H,27,30)(H,31,32). The number of carboxylic acid groups (broad SMARTS) is 1. The Kier molecular flexibility index (Phi) is 6.44. The number of piperazine rings is 1. The molecule has 8 heteroatoms. The van der Waals surface area contributed by atoms with Crippen LogP contribution in [0.15, 0.2) is 60.8 Å². The number of rotatable bonds is 6. The number of hydrogen-bond acceptors (Lipinski definition) is 6. The monoisotopic (exact) mass is 446 g/mol. The van der Waals surface area contributed by atoms with Crippen molar-refractivity contribution in [2.75, 3.05) is 48.4 Å². The first-order valence-corrected chi connectivity index (χ1v) is 10.7. The van der Waals surface area contributed by atoms with Crippen LogP contribution in [-0.4, -0.2) is 55.3 Å². The van der Waals surface area contributed by atoms with Crippen molar-refractivity contribution < 1.29 is 19.4 Å². The highest BCUT2D eigenvalue weighted by molar-refractivity contribution is 6.05. The van der Waals surface area contributed by atoms with E-state index in [1.807, 2.05) is 42.2 Å². The second kappa shape index (κ2) is 9.60. The number of carbonyl (C=O) groups is 2. The third-order valence-electron chi connectivity index (χ3n) is 5.64. The molecule has 0 bridgehead atoms. The minimum absolute atomic E-state index is 0.0581. The summed E-state index contributed by atoms with van der Waals surface area (Å²) >= 11 is 0. The Hall–Kier alpha value is -4.07. The van der Waals surface area contributed by atoms with E-state index < -0.39 is 5.97 Å². The maximum absolute atomic E-state index is 12.5.